The highest BCUT2D eigenvalue weighted by Crippen LogP contribution is 2.31. The van der Waals surface area contributed by atoms with Crippen molar-refractivity contribution in [2.75, 3.05) is 13.2 Å². The number of rotatable bonds is 3. The van der Waals surface area contributed by atoms with Crippen molar-refractivity contribution in [1.82, 2.24) is 14.8 Å². The normalized spacial score (nSPS) is 14.1. The Morgan fingerprint density at radius 3 is 2.48 bits per heavy atom. The lowest BCUT2D eigenvalue weighted by Gasteiger charge is -2.25. The van der Waals surface area contributed by atoms with Crippen LogP contribution >= 0.6 is 11.6 Å². The van der Waals surface area contributed by atoms with Crippen molar-refractivity contribution in [3.8, 4) is 16.9 Å². The van der Waals surface area contributed by atoms with Gasteiger partial charge in [-0.05, 0) is 67.4 Å². The first-order valence-electron chi connectivity index (χ1n) is 9.96. The highest BCUT2D eigenvalue weighted by Gasteiger charge is 2.23. The lowest BCUT2D eigenvalue weighted by molar-refractivity contribution is 0.00671. The van der Waals surface area contributed by atoms with Gasteiger partial charge in [-0.15, -0.1) is 0 Å². The second kappa shape index (κ2) is 7.55. The Balaban J connectivity index is 1.81. The molecule has 2 aromatic carbocycles. The third-order valence-electron chi connectivity index (χ3n) is 5.76. The number of nitrogens with zero attached hydrogens (tertiary/aromatic N) is 3. The second-order valence-corrected chi connectivity index (χ2v) is 8.28. The van der Waals surface area contributed by atoms with E-state index in [0.29, 0.717) is 40.4 Å². The van der Waals surface area contributed by atoms with Crippen LogP contribution in [-0.2, 0) is 4.74 Å². The number of aryl methyl sites for hydroxylation is 2. The minimum atomic E-state index is -0.494. The van der Waals surface area contributed by atoms with Crippen molar-refractivity contribution in [1.29, 1.82) is 0 Å². The summed E-state index contributed by atoms with van der Waals surface area (Å²) in [5.41, 5.74) is 3.81. The summed E-state index contributed by atoms with van der Waals surface area (Å²) < 4.78 is 21.5. The van der Waals surface area contributed by atoms with Crippen LogP contribution in [0.5, 0.6) is 0 Å². The van der Waals surface area contributed by atoms with Gasteiger partial charge in [0.2, 0.25) is 0 Å². The summed E-state index contributed by atoms with van der Waals surface area (Å²) in [7, 11) is 0. The van der Waals surface area contributed by atoms with Gasteiger partial charge in [-0.3, -0.25) is 9.78 Å². The maximum Gasteiger partial charge on any atom is 0.279 e. The topological polar surface area (TPSA) is 57.0 Å². The van der Waals surface area contributed by atoms with Gasteiger partial charge in [-0.2, -0.15) is 9.78 Å². The van der Waals surface area contributed by atoms with E-state index in [-0.39, 0.29) is 17.0 Å². The molecular formula is C24H19ClFN3O2. The molecule has 0 N–H and O–H groups in total. The first kappa shape index (κ1) is 19.8. The summed E-state index contributed by atoms with van der Waals surface area (Å²) in [6.07, 6.45) is 1.66. The number of halogens is 2. The van der Waals surface area contributed by atoms with Gasteiger partial charge in [0, 0.05) is 28.1 Å². The maximum atomic E-state index is 14.9. The Hall–Kier alpha value is -3.09. The first-order valence-corrected chi connectivity index (χ1v) is 10.3. The van der Waals surface area contributed by atoms with E-state index in [1.165, 1.54) is 10.7 Å². The van der Waals surface area contributed by atoms with Crippen LogP contribution in [0.4, 0.5) is 4.39 Å². The minimum absolute atomic E-state index is 0.203. The molecule has 3 heterocycles. The molecule has 1 saturated heterocycles. The smallest absolute Gasteiger partial charge is 0.279 e. The number of ether oxygens (including phenoxy) is 1. The van der Waals surface area contributed by atoms with Gasteiger partial charge in [0.15, 0.2) is 0 Å². The van der Waals surface area contributed by atoms with Crippen LogP contribution in [0.1, 0.15) is 22.7 Å². The lowest BCUT2D eigenvalue weighted by atomic mass is 9.99. The summed E-state index contributed by atoms with van der Waals surface area (Å²) >= 11 is 5.95. The summed E-state index contributed by atoms with van der Waals surface area (Å²) in [6, 6.07) is 11.8. The maximum absolute atomic E-state index is 14.9. The molecule has 2 aromatic heterocycles. The second-order valence-electron chi connectivity index (χ2n) is 7.85. The Morgan fingerprint density at radius 1 is 1.06 bits per heavy atom. The third-order valence-corrected chi connectivity index (χ3v) is 6.00. The number of aromatic nitrogens is 3. The highest BCUT2D eigenvalue weighted by atomic mass is 35.5. The van der Waals surface area contributed by atoms with E-state index < -0.39 is 5.82 Å². The zero-order chi connectivity index (χ0) is 21.7. The van der Waals surface area contributed by atoms with Crippen LogP contribution in [-0.4, -0.2) is 28.0 Å². The standard InChI is InChI=1S/C24H19ClFN3O2/c1-13-7-19-20(8-14(13)2)24(30)29(17-5-6-27-22(10-17)15-11-31-12-15)28-23(19)18-4-3-16(25)9-21(18)26/h3-10,15H,11-12H2,1-2H3. The average Bonchev–Trinajstić information content (AvgIpc) is 2.69. The molecule has 1 aliphatic heterocycles. The Kier molecular flexibility index (Phi) is 4.84. The Bertz CT molecular complexity index is 1400. The van der Waals surface area contributed by atoms with Crippen LogP contribution in [0, 0.1) is 19.7 Å². The molecule has 7 heteroatoms. The molecular weight excluding hydrogens is 417 g/mol. The summed E-state index contributed by atoms with van der Waals surface area (Å²) in [5.74, 6) is -0.291. The molecule has 5 rings (SSSR count). The van der Waals surface area contributed by atoms with E-state index in [1.807, 2.05) is 32.0 Å². The van der Waals surface area contributed by atoms with E-state index in [1.54, 1.807) is 24.4 Å². The van der Waals surface area contributed by atoms with Crippen molar-refractivity contribution in [3.63, 3.8) is 0 Å². The number of hydrogen-bond donors (Lipinski definition) is 0. The molecule has 0 bridgehead atoms. The molecule has 31 heavy (non-hydrogen) atoms. The fourth-order valence-corrected chi connectivity index (χ4v) is 3.91. The molecule has 4 aromatic rings. The predicted molar refractivity (Wildman–Crippen MR) is 119 cm³/mol. The predicted octanol–water partition coefficient (Wildman–Crippen LogP) is 4.97. The van der Waals surface area contributed by atoms with Crippen molar-refractivity contribution >= 4 is 22.4 Å². The van der Waals surface area contributed by atoms with Crippen molar-refractivity contribution in [2.24, 2.45) is 0 Å². The molecule has 0 atom stereocenters. The molecule has 0 aliphatic carbocycles. The minimum Gasteiger partial charge on any atom is -0.380 e. The van der Waals surface area contributed by atoms with Crippen molar-refractivity contribution < 1.29 is 9.13 Å². The molecule has 0 saturated carbocycles. The van der Waals surface area contributed by atoms with Gasteiger partial charge in [-0.25, -0.2) is 4.39 Å². The molecule has 1 aliphatic rings. The number of pyridine rings is 1. The van der Waals surface area contributed by atoms with Gasteiger partial charge in [0.25, 0.3) is 5.56 Å². The Morgan fingerprint density at radius 2 is 1.81 bits per heavy atom. The van der Waals surface area contributed by atoms with E-state index in [0.717, 1.165) is 16.8 Å². The summed E-state index contributed by atoms with van der Waals surface area (Å²) in [6.45, 7) is 5.12. The SMILES string of the molecule is Cc1cc2c(-c3ccc(Cl)cc3F)nn(-c3ccnc(C4COC4)c3)c(=O)c2cc1C. The fraction of sp³-hybridized carbons (Fsp3) is 0.208. The molecule has 5 nitrogen and oxygen atoms in total. The van der Waals surface area contributed by atoms with E-state index >= 15 is 0 Å². The molecule has 0 radical (unpaired) electrons. The molecule has 0 spiro atoms. The largest absolute Gasteiger partial charge is 0.380 e. The van der Waals surface area contributed by atoms with Gasteiger partial charge in [0.1, 0.15) is 11.5 Å². The van der Waals surface area contributed by atoms with Crippen LogP contribution < -0.4 is 5.56 Å². The highest BCUT2D eigenvalue weighted by molar-refractivity contribution is 6.30. The van der Waals surface area contributed by atoms with E-state index in [4.69, 9.17) is 16.3 Å². The van der Waals surface area contributed by atoms with Gasteiger partial charge in [0.05, 0.1) is 30.0 Å². The first-order chi connectivity index (χ1) is 14.9. The third kappa shape index (κ3) is 3.42. The fourth-order valence-electron chi connectivity index (χ4n) is 3.76. The van der Waals surface area contributed by atoms with Crippen molar-refractivity contribution in [2.45, 2.75) is 19.8 Å². The van der Waals surface area contributed by atoms with Crippen LogP contribution in [0.25, 0.3) is 27.7 Å². The van der Waals surface area contributed by atoms with Gasteiger partial charge < -0.3 is 4.74 Å². The number of hydrogen-bond acceptors (Lipinski definition) is 4. The molecule has 1 fully saturated rings. The zero-order valence-corrected chi connectivity index (χ0v) is 17.8. The van der Waals surface area contributed by atoms with Crippen LogP contribution in [0.15, 0.2) is 53.5 Å². The summed E-state index contributed by atoms with van der Waals surface area (Å²) in [4.78, 5) is 17.8. The van der Waals surface area contributed by atoms with E-state index in [2.05, 4.69) is 10.1 Å². The van der Waals surface area contributed by atoms with Crippen molar-refractivity contribution in [3.05, 3.63) is 86.7 Å². The lowest BCUT2D eigenvalue weighted by Crippen LogP contribution is -2.27. The molecule has 0 amide bonds. The van der Waals surface area contributed by atoms with Gasteiger partial charge >= 0.3 is 0 Å². The quantitative estimate of drug-likeness (QED) is 0.456. The van der Waals surface area contributed by atoms with Gasteiger partial charge in [-0.1, -0.05) is 11.6 Å². The molecule has 0 unspecified atom stereocenters. The van der Waals surface area contributed by atoms with E-state index in [9.17, 15) is 9.18 Å². The molecule has 156 valence electrons. The van der Waals surface area contributed by atoms with Crippen LogP contribution in [0.2, 0.25) is 5.02 Å². The average molecular weight is 436 g/mol. The monoisotopic (exact) mass is 435 g/mol. The Labute approximate surface area is 183 Å². The van der Waals surface area contributed by atoms with Crippen LogP contribution in [0.3, 0.4) is 0 Å². The number of benzene rings is 2. The zero-order valence-electron chi connectivity index (χ0n) is 17.0. The summed E-state index contributed by atoms with van der Waals surface area (Å²) in [5, 5.41) is 5.99. The number of fused-ring (bicyclic) bond motifs is 1.